The molecule has 1 heterocycles. The van der Waals surface area contributed by atoms with Gasteiger partial charge in [-0.15, -0.1) is 0 Å². The second-order valence-corrected chi connectivity index (χ2v) is 4.48. The molecule has 4 nitrogen and oxygen atoms in total. The Morgan fingerprint density at radius 3 is 2.76 bits per heavy atom. The van der Waals surface area contributed by atoms with Gasteiger partial charge in [0.1, 0.15) is 11.9 Å². The van der Waals surface area contributed by atoms with E-state index in [0.29, 0.717) is 12.5 Å². The minimum atomic E-state index is -0.313. The highest BCUT2D eigenvalue weighted by molar-refractivity contribution is 5.69. The summed E-state index contributed by atoms with van der Waals surface area (Å²) in [6.07, 6.45) is 1.51. The summed E-state index contributed by atoms with van der Waals surface area (Å²) in [7, 11) is 0. The van der Waals surface area contributed by atoms with Gasteiger partial charge in [-0.1, -0.05) is 19.1 Å². The highest BCUT2D eigenvalue weighted by atomic mass is 16.6. The largest absolute Gasteiger partial charge is 0.508 e. The Bertz CT molecular complexity index is 388. The molecule has 4 heteroatoms. The third-order valence-electron chi connectivity index (χ3n) is 3.13. The van der Waals surface area contributed by atoms with Gasteiger partial charge in [0.05, 0.1) is 6.54 Å². The average molecular weight is 235 g/mol. The van der Waals surface area contributed by atoms with Crippen LogP contribution in [0.5, 0.6) is 5.75 Å². The van der Waals surface area contributed by atoms with Crippen molar-refractivity contribution in [1.29, 1.82) is 0 Å². The first kappa shape index (κ1) is 11.8. The molecule has 0 aliphatic carbocycles. The maximum atomic E-state index is 10.8. The van der Waals surface area contributed by atoms with Crippen LogP contribution in [0, 0.1) is 0 Å². The van der Waals surface area contributed by atoms with Crippen molar-refractivity contribution < 1.29 is 14.6 Å². The number of carbonyl (C=O) groups is 1. The number of phenols is 1. The number of benzene rings is 1. The lowest BCUT2D eigenvalue weighted by molar-refractivity contribution is 0.133. The standard InChI is InChI=1S/C13H17NO3/c1-9(10-3-5-11(15)6-4-10)2-7-12-8-14-13(16)17-12/h3-6,9,12,15H,2,7-8H2,1H3,(H,14,16)/t9-,12-/m1/s1. The molecule has 0 saturated carbocycles. The summed E-state index contributed by atoms with van der Waals surface area (Å²) in [6, 6.07) is 7.25. The van der Waals surface area contributed by atoms with Crippen LogP contribution >= 0.6 is 0 Å². The lowest BCUT2D eigenvalue weighted by Crippen LogP contribution is -2.15. The normalized spacial score (nSPS) is 20.8. The minimum Gasteiger partial charge on any atom is -0.508 e. The molecule has 0 bridgehead atoms. The number of amides is 1. The van der Waals surface area contributed by atoms with E-state index >= 15 is 0 Å². The number of alkyl carbamates (subject to hydrolysis) is 1. The fourth-order valence-corrected chi connectivity index (χ4v) is 2.00. The fraction of sp³-hybridized carbons (Fsp3) is 0.462. The first-order chi connectivity index (χ1) is 8.15. The van der Waals surface area contributed by atoms with Gasteiger partial charge in [-0.05, 0) is 36.5 Å². The van der Waals surface area contributed by atoms with E-state index in [4.69, 9.17) is 4.74 Å². The predicted octanol–water partition coefficient (Wildman–Crippen LogP) is 2.38. The molecule has 0 aromatic heterocycles. The van der Waals surface area contributed by atoms with E-state index in [-0.39, 0.29) is 17.9 Å². The van der Waals surface area contributed by atoms with Crippen molar-refractivity contribution in [2.24, 2.45) is 0 Å². The molecule has 2 N–H and O–H groups in total. The molecule has 2 atom stereocenters. The molecule has 1 amide bonds. The molecule has 1 saturated heterocycles. The zero-order chi connectivity index (χ0) is 12.3. The molecule has 17 heavy (non-hydrogen) atoms. The van der Waals surface area contributed by atoms with Gasteiger partial charge in [0.15, 0.2) is 0 Å². The van der Waals surface area contributed by atoms with Gasteiger partial charge >= 0.3 is 6.09 Å². The van der Waals surface area contributed by atoms with E-state index in [2.05, 4.69) is 12.2 Å². The summed E-state index contributed by atoms with van der Waals surface area (Å²) in [5.74, 6) is 0.685. The number of phenolic OH excluding ortho intramolecular Hbond substituents is 1. The Kier molecular flexibility index (Phi) is 3.52. The highest BCUT2D eigenvalue weighted by Crippen LogP contribution is 2.24. The zero-order valence-corrected chi connectivity index (χ0v) is 9.85. The lowest BCUT2D eigenvalue weighted by atomic mass is 9.95. The lowest BCUT2D eigenvalue weighted by Gasteiger charge is -2.14. The highest BCUT2D eigenvalue weighted by Gasteiger charge is 2.22. The average Bonchev–Trinajstić information content (AvgIpc) is 2.73. The SMILES string of the molecule is C[C@H](CC[C@@H]1CNC(=O)O1)c1ccc(O)cc1. The number of ether oxygens (including phenoxy) is 1. The van der Waals surface area contributed by atoms with Gasteiger partial charge in [-0.2, -0.15) is 0 Å². The van der Waals surface area contributed by atoms with Crippen LogP contribution in [0.15, 0.2) is 24.3 Å². The molecule has 92 valence electrons. The number of hydrogen-bond donors (Lipinski definition) is 2. The van der Waals surface area contributed by atoms with Gasteiger partial charge in [-0.3, -0.25) is 0 Å². The van der Waals surface area contributed by atoms with Crippen molar-refractivity contribution in [1.82, 2.24) is 5.32 Å². The number of cyclic esters (lactones) is 1. The molecule has 1 fully saturated rings. The fourth-order valence-electron chi connectivity index (χ4n) is 2.00. The van der Waals surface area contributed by atoms with Crippen LogP contribution in [0.1, 0.15) is 31.2 Å². The molecular formula is C13H17NO3. The van der Waals surface area contributed by atoms with Gasteiger partial charge in [0, 0.05) is 0 Å². The monoisotopic (exact) mass is 235 g/mol. The van der Waals surface area contributed by atoms with E-state index in [1.807, 2.05) is 12.1 Å². The molecule has 2 rings (SSSR count). The van der Waals surface area contributed by atoms with E-state index in [1.54, 1.807) is 12.1 Å². The summed E-state index contributed by atoms with van der Waals surface area (Å²) in [5, 5.41) is 11.9. The van der Waals surface area contributed by atoms with Crippen molar-refractivity contribution in [3.63, 3.8) is 0 Å². The molecule has 1 aliphatic heterocycles. The Balaban J connectivity index is 1.82. The van der Waals surface area contributed by atoms with Crippen molar-refractivity contribution >= 4 is 6.09 Å². The van der Waals surface area contributed by atoms with Crippen molar-refractivity contribution in [2.75, 3.05) is 6.54 Å². The van der Waals surface area contributed by atoms with E-state index in [9.17, 15) is 9.90 Å². The Hall–Kier alpha value is -1.71. The summed E-state index contributed by atoms with van der Waals surface area (Å²) in [5.41, 5.74) is 1.19. The Morgan fingerprint density at radius 1 is 1.47 bits per heavy atom. The quantitative estimate of drug-likeness (QED) is 0.842. The summed E-state index contributed by atoms with van der Waals surface area (Å²) >= 11 is 0. The number of rotatable bonds is 4. The molecule has 0 radical (unpaired) electrons. The van der Waals surface area contributed by atoms with Gasteiger partial charge in [0.25, 0.3) is 0 Å². The van der Waals surface area contributed by atoms with E-state index in [0.717, 1.165) is 12.8 Å². The minimum absolute atomic E-state index is 0.00191. The predicted molar refractivity (Wildman–Crippen MR) is 64.0 cm³/mol. The number of aromatic hydroxyl groups is 1. The topological polar surface area (TPSA) is 58.6 Å². The summed E-state index contributed by atoms with van der Waals surface area (Å²) < 4.78 is 5.08. The molecule has 0 unspecified atom stereocenters. The molecule has 1 aromatic rings. The van der Waals surface area contributed by atoms with Crippen molar-refractivity contribution in [3.05, 3.63) is 29.8 Å². The van der Waals surface area contributed by atoms with Crippen LogP contribution < -0.4 is 5.32 Å². The Morgan fingerprint density at radius 2 is 2.18 bits per heavy atom. The second kappa shape index (κ2) is 5.08. The van der Waals surface area contributed by atoms with Crippen LogP contribution in [0.4, 0.5) is 4.79 Å². The van der Waals surface area contributed by atoms with Crippen LogP contribution in [0.25, 0.3) is 0 Å². The van der Waals surface area contributed by atoms with Gasteiger partial charge in [-0.25, -0.2) is 4.79 Å². The molecular weight excluding hydrogens is 218 g/mol. The van der Waals surface area contributed by atoms with Crippen LogP contribution in [0.3, 0.4) is 0 Å². The van der Waals surface area contributed by atoms with Crippen LogP contribution in [-0.2, 0) is 4.74 Å². The second-order valence-electron chi connectivity index (χ2n) is 4.48. The Labute approximate surface area is 101 Å². The third-order valence-corrected chi connectivity index (χ3v) is 3.13. The van der Waals surface area contributed by atoms with Crippen LogP contribution in [0.2, 0.25) is 0 Å². The number of carbonyl (C=O) groups excluding carboxylic acids is 1. The first-order valence-electron chi connectivity index (χ1n) is 5.88. The molecule has 1 aromatic carbocycles. The molecule has 0 spiro atoms. The number of hydrogen-bond acceptors (Lipinski definition) is 3. The maximum Gasteiger partial charge on any atom is 0.407 e. The maximum absolute atomic E-state index is 10.8. The summed E-state index contributed by atoms with van der Waals surface area (Å²) in [6.45, 7) is 2.75. The number of nitrogens with one attached hydrogen (secondary N) is 1. The smallest absolute Gasteiger partial charge is 0.407 e. The summed E-state index contributed by atoms with van der Waals surface area (Å²) in [4.78, 5) is 10.8. The van der Waals surface area contributed by atoms with Gasteiger partial charge < -0.3 is 15.2 Å². The van der Waals surface area contributed by atoms with E-state index in [1.165, 1.54) is 5.56 Å². The first-order valence-corrected chi connectivity index (χ1v) is 5.88. The van der Waals surface area contributed by atoms with Crippen molar-refractivity contribution in [2.45, 2.75) is 31.8 Å². The van der Waals surface area contributed by atoms with Crippen LogP contribution in [-0.4, -0.2) is 23.8 Å². The van der Waals surface area contributed by atoms with Crippen molar-refractivity contribution in [3.8, 4) is 5.75 Å². The van der Waals surface area contributed by atoms with E-state index < -0.39 is 0 Å². The van der Waals surface area contributed by atoms with Gasteiger partial charge in [0.2, 0.25) is 0 Å². The third kappa shape index (κ3) is 3.12. The zero-order valence-electron chi connectivity index (χ0n) is 9.85. The molecule has 1 aliphatic rings.